The number of aromatic nitrogens is 1. The molecule has 2 unspecified atom stereocenters. The molecule has 362 valence electrons. The fourth-order valence-electron chi connectivity index (χ4n) is 11.5. The Balaban J connectivity index is 0.000000159. The molecule has 9 aromatic rings. The van der Waals surface area contributed by atoms with Crippen molar-refractivity contribution in [2.75, 3.05) is 0 Å². The molecule has 2 atom stereocenters. The van der Waals surface area contributed by atoms with Crippen LogP contribution in [0.4, 0.5) is 0 Å². The molecule has 0 N–H and O–H groups in total. The standard InChI is InChI=1S/C36H31N.C27H24.C7H8.C2H6/c1-25-9-3-4-15-33(25)34-19-18-31(21-26(34)2)30-13-6-12-29(24-30)28-11-5-10-27(22-28)23-32-14-7-17-36-35(32)16-8-20-37-36;1-20-12-11-17-24-25(20)22-15-7-8-16-23(22)27(24,21-13-5-3-6-14-21)26(2)18-9-4-10-19-26;1-7-5-3-2-4-6-7;1-2/h4-8,10-22,24H,3,9,23H2,1-2H3;3-18H,19H2,1-2H3;2-6H,1H3;1-2H3. The van der Waals surface area contributed by atoms with Crippen molar-refractivity contribution < 1.29 is 0 Å². The van der Waals surface area contributed by atoms with Gasteiger partial charge in [-0.3, -0.25) is 4.98 Å². The van der Waals surface area contributed by atoms with Gasteiger partial charge in [0.2, 0.25) is 0 Å². The average Bonchev–Trinajstić information content (AvgIpc) is 3.76. The van der Waals surface area contributed by atoms with Crippen molar-refractivity contribution in [3.05, 3.63) is 298 Å². The van der Waals surface area contributed by atoms with Crippen LogP contribution in [0, 0.1) is 26.2 Å². The summed E-state index contributed by atoms with van der Waals surface area (Å²) in [5, 5.41) is 1.23. The van der Waals surface area contributed by atoms with E-state index in [1.807, 2.05) is 44.3 Å². The number of fused-ring (bicyclic) bond motifs is 4. The van der Waals surface area contributed by atoms with Crippen LogP contribution in [0.5, 0.6) is 0 Å². The molecule has 0 amide bonds. The van der Waals surface area contributed by atoms with Gasteiger partial charge < -0.3 is 0 Å². The monoisotopic (exact) mass is 948 g/mol. The molecule has 12 rings (SSSR count). The molecule has 0 saturated carbocycles. The normalized spacial score (nSPS) is 17.0. The SMILES string of the molecule is CC.CC1=C(c2ccc(-c3cccc(-c4cccc(Cc5cccc6ncccc56)c4)c3)cc2C)C=CCC1.Cc1cccc2c1-c1ccccc1C2(c1ccccc1)C1(C)C=CC=CC1.Cc1ccccc1. The highest BCUT2D eigenvalue weighted by Crippen LogP contribution is 2.63. The number of benzene rings is 8. The van der Waals surface area contributed by atoms with Crippen molar-refractivity contribution in [2.24, 2.45) is 5.41 Å². The first kappa shape index (κ1) is 50.1. The molecule has 8 aromatic carbocycles. The van der Waals surface area contributed by atoms with E-state index in [-0.39, 0.29) is 10.8 Å². The Morgan fingerprint density at radius 1 is 0.521 bits per heavy atom. The van der Waals surface area contributed by atoms with Gasteiger partial charge in [-0.25, -0.2) is 0 Å². The molecule has 3 aliphatic rings. The average molecular weight is 948 g/mol. The van der Waals surface area contributed by atoms with Crippen LogP contribution in [0.1, 0.15) is 97.0 Å². The van der Waals surface area contributed by atoms with E-state index < -0.39 is 0 Å². The van der Waals surface area contributed by atoms with Crippen molar-refractivity contribution >= 4 is 16.5 Å². The Morgan fingerprint density at radius 3 is 1.90 bits per heavy atom. The number of nitrogens with zero attached hydrogens (tertiary/aromatic N) is 1. The molecule has 1 aromatic heterocycles. The number of rotatable bonds is 7. The third kappa shape index (κ3) is 10.3. The third-order valence-electron chi connectivity index (χ3n) is 15.1. The molecule has 0 spiro atoms. The molecule has 0 radical (unpaired) electrons. The summed E-state index contributed by atoms with van der Waals surface area (Å²) in [4.78, 5) is 4.52. The fourth-order valence-corrected chi connectivity index (χ4v) is 11.5. The highest BCUT2D eigenvalue weighted by molar-refractivity contribution is 5.87. The molecular formula is C72H69N. The fraction of sp³-hybridized carbons (Fsp3) is 0.181. The lowest BCUT2D eigenvalue weighted by atomic mass is 9.54. The summed E-state index contributed by atoms with van der Waals surface area (Å²) in [6.45, 7) is 15.3. The molecule has 73 heavy (non-hydrogen) atoms. The minimum Gasteiger partial charge on any atom is -0.256 e. The van der Waals surface area contributed by atoms with Crippen LogP contribution < -0.4 is 0 Å². The molecule has 1 heterocycles. The molecule has 0 saturated heterocycles. The molecule has 0 bridgehead atoms. The van der Waals surface area contributed by atoms with E-state index >= 15 is 0 Å². The summed E-state index contributed by atoms with van der Waals surface area (Å²) in [5.74, 6) is 0. The summed E-state index contributed by atoms with van der Waals surface area (Å²) in [6.07, 6.45) is 19.8. The van der Waals surface area contributed by atoms with Crippen molar-refractivity contribution in [1.29, 1.82) is 0 Å². The first-order valence-electron chi connectivity index (χ1n) is 26.3. The van der Waals surface area contributed by atoms with Gasteiger partial charge in [0.25, 0.3) is 0 Å². The zero-order valence-electron chi connectivity index (χ0n) is 43.9. The quantitative estimate of drug-likeness (QED) is 0.155. The zero-order chi connectivity index (χ0) is 50.8. The Hall–Kier alpha value is -7.87. The van der Waals surface area contributed by atoms with E-state index in [9.17, 15) is 0 Å². The van der Waals surface area contributed by atoms with Gasteiger partial charge in [0.05, 0.1) is 10.9 Å². The van der Waals surface area contributed by atoms with Crippen LogP contribution in [0.25, 0.3) is 49.9 Å². The highest BCUT2D eigenvalue weighted by Gasteiger charge is 2.55. The molecule has 1 nitrogen and oxygen atoms in total. The number of aryl methyl sites for hydroxylation is 3. The lowest BCUT2D eigenvalue weighted by molar-refractivity contribution is 0.293. The van der Waals surface area contributed by atoms with Gasteiger partial charge in [-0.2, -0.15) is 0 Å². The molecule has 3 aliphatic carbocycles. The van der Waals surface area contributed by atoms with E-state index in [4.69, 9.17) is 0 Å². The predicted molar refractivity (Wildman–Crippen MR) is 314 cm³/mol. The summed E-state index contributed by atoms with van der Waals surface area (Å²) < 4.78 is 0. The van der Waals surface area contributed by atoms with Gasteiger partial charge in [-0.15, -0.1) is 0 Å². The minimum atomic E-state index is -0.187. The zero-order valence-corrected chi connectivity index (χ0v) is 43.9. The van der Waals surface area contributed by atoms with Crippen molar-refractivity contribution in [2.45, 2.75) is 79.6 Å². The highest BCUT2D eigenvalue weighted by atomic mass is 14.6. The van der Waals surface area contributed by atoms with Gasteiger partial charge in [0, 0.05) is 17.0 Å². The molecule has 0 aliphatic heterocycles. The molecule has 1 heteroatoms. The van der Waals surface area contributed by atoms with Gasteiger partial charge in [0.15, 0.2) is 0 Å². The van der Waals surface area contributed by atoms with Crippen LogP contribution in [0.15, 0.2) is 248 Å². The van der Waals surface area contributed by atoms with Crippen molar-refractivity contribution in [3.8, 4) is 33.4 Å². The van der Waals surface area contributed by atoms with Gasteiger partial charge >= 0.3 is 0 Å². The van der Waals surface area contributed by atoms with Crippen LogP contribution in [0.2, 0.25) is 0 Å². The summed E-state index contributed by atoms with van der Waals surface area (Å²) in [6, 6.07) is 72.6. The summed E-state index contributed by atoms with van der Waals surface area (Å²) >= 11 is 0. The van der Waals surface area contributed by atoms with E-state index in [0.717, 1.165) is 31.2 Å². The van der Waals surface area contributed by atoms with Gasteiger partial charge in [-0.1, -0.05) is 250 Å². The van der Waals surface area contributed by atoms with Crippen molar-refractivity contribution in [1.82, 2.24) is 4.98 Å². The predicted octanol–water partition coefficient (Wildman–Crippen LogP) is 19.4. The molecule has 0 fully saturated rings. The number of hydrogen-bond acceptors (Lipinski definition) is 1. The van der Waals surface area contributed by atoms with Crippen LogP contribution in [0.3, 0.4) is 0 Å². The topological polar surface area (TPSA) is 12.9 Å². The minimum absolute atomic E-state index is 0.0295. The smallest absolute Gasteiger partial charge is 0.0704 e. The first-order valence-corrected chi connectivity index (χ1v) is 26.3. The number of allylic oxidation sites excluding steroid dienone is 8. The van der Waals surface area contributed by atoms with Crippen LogP contribution >= 0.6 is 0 Å². The number of hydrogen-bond donors (Lipinski definition) is 0. The van der Waals surface area contributed by atoms with Gasteiger partial charge in [-0.05, 0) is 155 Å². The Labute approximate surface area is 436 Å². The van der Waals surface area contributed by atoms with E-state index in [1.54, 1.807) is 0 Å². The second kappa shape index (κ2) is 22.7. The number of pyridine rings is 1. The first-order chi connectivity index (χ1) is 35.7. The largest absolute Gasteiger partial charge is 0.256 e. The summed E-state index contributed by atoms with van der Waals surface area (Å²) in [5.41, 5.74) is 23.8. The van der Waals surface area contributed by atoms with E-state index in [0.29, 0.717) is 0 Å². The van der Waals surface area contributed by atoms with E-state index in [2.05, 4.69) is 252 Å². The Kier molecular flexibility index (Phi) is 15.6. The maximum atomic E-state index is 4.52. The summed E-state index contributed by atoms with van der Waals surface area (Å²) in [7, 11) is 0. The lowest BCUT2D eigenvalue weighted by Gasteiger charge is -2.47. The van der Waals surface area contributed by atoms with Crippen molar-refractivity contribution in [3.63, 3.8) is 0 Å². The van der Waals surface area contributed by atoms with Crippen LogP contribution in [-0.4, -0.2) is 4.98 Å². The molecular weight excluding hydrogens is 879 g/mol. The second-order valence-electron chi connectivity index (χ2n) is 19.8. The maximum absolute atomic E-state index is 4.52. The lowest BCUT2D eigenvalue weighted by Crippen LogP contribution is -2.43. The maximum Gasteiger partial charge on any atom is 0.0704 e. The third-order valence-corrected chi connectivity index (χ3v) is 15.1. The Bertz CT molecular complexity index is 3470. The van der Waals surface area contributed by atoms with E-state index in [1.165, 1.54) is 100.0 Å². The van der Waals surface area contributed by atoms with Crippen LogP contribution in [-0.2, 0) is 11.8 Å². The Morgan fingerprint density at radius 2 is 1.19 bits per heavy atom. The second-order valence-corrected chi connectivity index (χ2v) is 19.8. The van der Waals surface area contributed by atoms with Gasteiger partial charge in [0.1, 0.15) is 0 Å².